The maximum Gasteiger partial charge on any atom is 0.266 e. The lowest BCUT2D eigenvalue weighted by Crippen LogP contribution is -2.23. The summed E-state index contributed by atoms with van der Waals surface area (Å²) in [6, 6.07) is 14.7. The molecule has 0 N–H and O–H groups in total. The molecule has 3 aromatic rings. The fraction of sp³-hybridized carbons (Fsp3) is 0.0667. The van der Waals surface area contributed by atoms with Crippen molar-refractivity contribution in [3.05, 3.63) is 69.7 Å². The Morgan fingerprint density at radius 2 is 1.90 bits per heavy atom. The Labute approximate surface area is 134 Å². The average Bonchev–Trinajstić information content (AvgIpc) is 2.48. The molecular weight excluding hydrogens is 387 g/mol. The molecule has 0 atom stereocenters. The molecule has 2 aromatic carbocycles. The van der Waals surface area contributed by atoms with Crippen LogP contribution in [0.1, 0.15) is 5.82 Å². The molecule has 0 aliphatic heterocycles. The Bertz CT molecular complexity index is 830. The maximum absolute atomic E-state index is 12.7. The first-order chi connectivity index (χ1) is 9.70. The molecular formula is C15H10ClIN2O. The van der Waals surface area contributed by atoms with E-state index in [-0.39, 0.29) is 5.56 Å². The molecule has 1 heterocycles. The van der Waals surface area contributed by atoms with Gasteiger partial charge in [0, 0.05) is 5.02 Å². The van der Waals surface area contributed by atoms with Gasteiger partial charge in [-0.1, -0.05) is 52.4 Å². The highest BCUT2D eigenvalue weighted by atomic mass is 127. The summed E-state index contributed by atoms with van der Waals surface area (Å²) in [7, 11) is 0. The van der Waals surface area contributed by atoms with Crippen molar-refractivity contribution in [1.29, 1.82) is 0 Å². The van der Waals surface area contributed by atoms with Crippen molar-refractivity contribution in [3.8, 4) is 5.69 Å². The van der Waals surface area contributed by atoms with Crippen LogP contribution >= 0.6 is 34.2 Å². The van der Waals surface area contributed by atoms with Crippen LogP contribution in [0.25, 0.3) is 16.6 Å². The highest BCUT2D eigenvalue weighted by Crippen LogP contribution is 2.18. The lowest BCUT2D eigenvalue weighted by atomic mass is 10.2. The van der Waals surface area contributed by atoms with Gasteiger partial charge in [-0.2, -0.15) is 0 Å². The molecule has 0 fully saturated rings. The molecule has 20 heavy (non-hydrogen) atoms. The molecule has 0 radical (unpaired) electrons. The van der Waals surface area contributed by atoms with Crippen LogP contribution in [0.15, 0.2) is 53.3 Å². The van der Waals surface area contributed by atoms with Gasteiger partial charge in [0.2, 0.25) is 0 Å². The van der Waals surface area contributed by atoms with E-state index in [9.17, 15) is 4.79 Å². The van der Waals surface area contributed by atoms with Gasteiger partial charge in [-0.3, -0.25) is 9.36 Å². The van der Waals surface area contributed by atoms with Crippen LogP contribution in [0.5, 0.6) is 0 Å². The van der Waals surface area contributed by atoms with Gasteiger partial charge in [0.05, 0.1) is 21.0 Å². The smallest absolute Gasteiger partial charge is 0.266 e. The second-order valence-corrected chi connectivity index (χ2v) is 5.50. The number of rotatable bonds is 2. The minimum absolute atomic E-state index is 0.0876. The summed E-state index contributed by atoms with van der Waals surface area (Å²) >= 11 is 8.20. The standard InChI is InChI=1S/C15H10ClIN2O/c16-10-6-7-13-12(8-10)15(20)19(14(9-17)18-13)11-4-2-1-3-5-11/h1-8H,9H2. The summed E-state index contributed by atoms with van der Waals surface area (Å²) in [5.41, 5.74) is 1.41. The molecule has 0 spiro atoms. The van der Waals surface area contributed by atoms with Crippen LogP contribution in [0, 0.1) is 0 Å². The average molecular weight is 397 g/mol. The second kappa shape index (κ2) is 5.54. The van der Waals surface area contributed by atoms with Crippen LogP contribution in [0.2, 0.25) is 5.02 Å². The molecule has 0 amide bonds. The number of hydrogen-bond acceptors (Lipinski definition) is 2. The largest absolute Gasteiger partial charge is 0.268 e. The summed E-state index contributed by atoms with van der Waals surface area (Å²) in [6.45, 7) is 0. The number of para-hydroxylation sites is 1. The monoisotopic (exact) mass is 396 g/mol. The molecule has 100 valence electrons. The van der Waals surface area contributed by atoms with Gasteiger partial charge >= 0.3 is 0 Å². The Morgan fingerprint density at radius 1 is 1.15 bits per heavy atom. The van der Waals surface area contributed by atoms with E-state index in [1.165, 1.54) is 0 Å². The van der Waals surface area contributed by atoms with Crippen molar-refractivity contribution in [1.82, 2.24) is 9.55 Å². The molecule has 3 rings (SSSR count). The van der Waals surface area contributed by atoms with Crippen molar-refractivity contribution in [2.75, 3.05) is 0 Å². The Morgan fingerprint density at radius 3 is 2.60 bits per heavy atom. The number of nitrogens with zero attached hydrogens (tertiary/aromatic N) is 2. The number of benzene rings is 2. The topological polar surface area (TPSA) is 34.9 Å². The van der Waals surface area contributed by atoms with Crippen molar-refractivity contribution in [3.63, 3.8) is 0 Å². The van der Waals surface area contributed by atoms with Gasteiger partial charge < -0.3 is 0 Å². The highest BCUT2D eigenvalue weighted by molar-refractivity contribution is 14.1. The summed E-state index contributed by atoms with van der Waals surface area (Å²) in [4.78, 5) is 17.3. The number of alkyl halides is 1. The van der Waals surface area contributed by atoms with E-state index in [1.807, 2.05) is 30.3 Å². The van der Waals surface area contributed by atoms with Crippen LogP contribution in [-0.4, -0.2) is 9.55 Å². The Hall–Kier alpha value is -1.40. The third-order valence-corrected chi connectivity index (χ3v) is 3.95. The first kappa shape index (κ1) is 13.6. The third-order valence-electron chi connectivity index (χ3n) is 3.03. The van der Waals surface area contributed by atoms with Gasteiger partial charge in [0.25, 0.3) is 5.56 Å². The molecule has 3 nitrogen and oxygen atoms in total. The van der Waals surface area contributed by atoms with Gasteiger partial charge in [-0.25, -0.2) is 4.98 Å². The summed E-state index contributed by atoms with van der Waals surface area (Å²) < 4.78 is 2.30. The van der Waals surface area contributed by atoms with E-state index in [4.69, 9.17) is 11.6 Å². The molecule has 1 aromatic heterocycles. The predicted octanol–water partition coefficient (Wildman–Crippen LogP) is 3.97. The zero-order chi connectivity index (χ0) is 14.1. The Balaban J connectivity index is 2.41. The summed E-state index contributed by atoms with van der Waals surface area (Å²) in [6.07, 6.45) is 0. The SMILES string of the molecule is O=c1c2cc(Cl)ccc2nc(CI)n1-c1ccccc1. The summed E-state index contributed by atoms with van der Waals surface area (Å²) in [5, 5.41) is 1.08. The van der Waals surface area contributed by atoms with Crippen LogP contribution in [0.4, 0.5) is 0 Å². The fourth-order valence-electron chi connectivity index (χ4n) is 2.14. The minimum atomic E-state index is -0.0876. The summed E-state index contributed by atoms with van der Waals surface area (Å²) in [5.74, 6) is 0.733. The zero-order valence-electron chi connectivity index (χ0n) is 10.4. The molecule has 0 saturated heterocycles. The molecule has 0 bridgehead atoms. The molecule has 0 aliphatic carbocycles. The molecule has 0 aliphatic rings. The van der Waals surface area contributed by atoms with Crippen LogP contribution in [0.3, 0.4) is 0 Å². The van der Waals surface area contributed by atoms with Crippen molar-refractivity contribution in [2.45, 2.75) is 4.43 Å². The number of fused-ring (bicyclic) bond motifs is 1. The predicted molar refractivity (Wildman–Crippen MR) is 90.1 cm³/mol. The molecule has 0 unspecified atom stereocenters. The number of aromatic nitrogens is 2. The van der Waals surface area contributed by atoms with E-state index < -0.39 is 0 Å². The van der Waals surface area contributed by atoms with E-state index in [1.54, 1.807) is 22.8 Å². The second-order valence-electron chi connectivity index (χ2n) is 4.30. The van der Waals surface area contributed by atoms with E-state index in [0.717, 1.165) is 11.5 Å². The Kier molecular flexibility index (Phi) is 3.76. The number of hydrogen-bond donors (Lipinski definition) is 0. The van der Waals surface area contributed by atoms with Crippen molar-refractivity contribution in [2.24, 2.45) is 0 Å². The normalized spacial score (nSPS) is 10.9. The van der Waals surface area contributed by atoms with E-state index >= 15 is 0 Å². The minimum Gasteiger partial charge on any atom is -0.268 e. The fourth-order valence-corrected chi connectivity index (χ4v) is 2.82. The van der Waals surface area contributed by atoms with E-state index in [2.05, 4.69) is 27.6 Å². The number of halogens is 2. The third kappa shape index (κ3) is 2.33. The van der Waals surface area contributed by atoms with Gasteiger partial charge in [-0.05, 0) is 30.3 Å². The van der Waals surface area contributed by atoms with Gasteiger partial charge in [0.15, 0.2) is 0 Å². The molecule has 5 heteroatoms. The first-order valence-corrected chi connectivity index (χ1v) is 7.93. The van der Waals surface area contributed by atoms with Crippen LogP contribution in [-0.2, 0) is 4.43 Å². The van der Waals surface area contributed by atoms with Crippen LogP contribution < -0.4 is 5.56 Å². The lowest BCUT2D eigenvalue weighted by molar-refractivity contribution is 0.891. The maximum atomic E-state index is 12.7. The molecule has 0 saturated carbocycles. The highest BCUT2D eigenvalue weighted by Gasteiger charge is 2.11. The zero-order valence-corrected chi connectivity index (χ0v) is 13.3. The quantitative estimate of drug-likeness (QED) is 0.485. The van der Waals surface area contributed by atoms with E-state index in [0.29, 0.717) is 20.4 Å². The van der Waals surface area contributed by atoms with Gasteiger partial charge in [0.1, 0.15) is 5.82 Å². The van der Waals surface area contributed by atoms with Gasteiger partial charge in [-0.15, -0.1) is 0 Å². The van der Waals surface area contributed by atoms with Crippen molar-refractivity contribution >= 4 is 45.1 Å². The lowest BCUT2D eigenvalue weighted by Gasteiger charge is -2.12. The first-order valence-electron chi connectivity index (χ1n) is 6.03. The van der Waals surface area contributed by atoms with Crippen molar-refractivity contribution < 1.29 is 0 Å².